The number of Topliss-reactive ketones (excluding diaryl/α,β-unsaturated/α-hetero) is 1. The Morgan fingerprint density at radius 2 is 2.07 bits per heavy atom. The van der Waals surface area contributed by atoms with Gasteiger partial charge in [-0.3, -0.25) is 4.79 Å². The smallest absolute Gasteiger partial charge is 0.196 e. The summed E-state index contributed by atoms with van der Waals surface area (Å²) in [5.74, 6) is 3.39. The Morgan fingerprint density at radius 3 is 2.60 bits per heavy atom. The number of ketones is 1. The second-order valence-corrected chi connectivity index (χ2v) is 6.63. The van der Waals surface area contributed by atoms with Crippen molar-refractivity contribution in [3.63, 3.8) is 0 Å². The Balaban J connectivity index is 2.18. The van der Waals surface area contributed by atoms with E-state index in [1.165, 1.54) is 0 Å². The van der Waals surface area contributed by atoms with E-state index >= 15 is 0 Å². The molecule has 0 unspecified atom stereocenters. The molecule has 0 atom stereocenters. The van der Waals surface area contributed by atoms with Crippen molar-refractivity contribution >= 4 is 29.3 Å². The number of ether oxygens (including phenoxy) is 1. The molecular formula is C11H16O2S2. The molecule has 0 N–H and O–H groups in total. The summed E-state index contributed by atoms with van der Waals surface area (Å²) in [4.78, 5) is 12.1. The molecular weight excluding hydrogens is 228 g/mol. The minimum Gasteiger partial charge on any atom is -0.498 e. The van der Waals surface area contributed by atoms with Crippen molar-refractivity contribution in [2.75, 3.05) is 18.6 Å². The predicted molar refractivity (Wildman–Crippen MR) is 66.2 cm³/mol. The summed E-state index contributed by atoms with van der Waals surface area (Å²) < 4.78 is 5.09. The molecule has 2 nitrogen and oxygen atoms in total. The van der Waals surface area contributed by atoms with Gasteiger partial charge in [0.2, 0.25) is 0 Å². The predicted octanol–water partition coefficient (Wildman–Crippen LogP) is 2.84. The van der Waals surface area contributed by atoms with E-state index in [-0.39, 0.29) is 4.08 Å². The van der Waals surface area contributed by atoms with E-state index in [1.54, 1.807) is 30.6 Å². The van der Waals surface area contributed by atoms with Crippen LogP contribution in [0.25, 0.3) is 0 Å². The minimum absolute atomic E-state index is 0.320. The summed E-state index contributed by atoms with van der Waals surface area (Å²) in [7, 11) is 1.69. The highest BCUT2D eigenvalue weighted by Gasteiger charge is 2.57. The molecule has 1 aliphatic heterocycles. The third-order valence-electron chi connectivity index (χ3n) is 2.82. The van der Waals surface area contributed by atoms with Crippen molar-refractivity contribution in [3.05, 3.63) is 11.3 Å². The van der Waals surface area contributed by atoms with Crippen LogP contribution in [0.2, 0.25) is 0 Å². The van der Waals surface area contributed by atoms with E-state index in [2.05, 4.69) is 6.92 Å². The van der Waals surface area contributed by atoms with Gasteiger partial charge in [-0.05, 0) is 12.8 Å². The van der Waals surface area contributed by atoms with Gasteiger partial charge in [-0.1, -0.05) is 13.3 Å². The van der Waals surface area contributed by atoms with Crippen molar-refractivity contribution in [2.45, 2.75) is 30.3 Å². The highest BCUT2D eigenvalue weighted by Crippen LogP contribution is 2.58. The zero-order chi connectivity index (χ0) is 10.9. The highest BCUT2D eigenvalue weighted by atomic mass is 32.2. The van der Waals surface area contributed by atoms with E-state index in [0.29, 0.717) is 5.78 Å². The van der Waals surface area contributed by atoms with Gasteiger partial charge in [0.25, 0.3) is 0 Å². The summed E-state index contributed by atoms with van der Waals surface area (Å²) in [6, 6.07) is 0. The Hall–Kier alpha value is -0.0900. The maximum absolute atomic E-state index is 12.1. The average molecular weight is 244 g/mol. The summed E-state index contributed by atoms with van der Waals surface area (Å²) in [6.45, 7) is 2.14. The number of hydrogen-bond donors (Lipinski definition) is 0. The minimum atomic E-state index is -0.335. The third kappa shape index (κ3) is 1.62. The molecule has 15 heavy (non-hydrogen) atoms. The first-order chi connectivity index (χ1) is 7.26. The molecule has 1 fully saturated rings. The summed E-state index contributed by atoms with van der Waals surface area (Å²) in [6.07, 6.45) is 3.10. The summed E-state index contributed by atoms with van der Waals surface area (Å²) >= 11 is 3.48. The van der Waals surface area contributed by atoms with Crippen LogP contribution in [0.1, 0.15) is 26.2 Å². The van der Waals surface area contributed by atoms with Crippen molar-refractivity contribution in [2.24, 2.45) is 0 Å². The lowest BCUT2D eigenvalue weighted by Crippen LogP contribution is -2.44. The molecule has 4 heteroatoms. The van der Waals surface area contributed by atoms with E-state index in [0.717, 1.165) is 42.1 Å². The van der Waals surface area contributed by atoms with Crippen LogP contribution in [0.15, 0.2) is 11.3 Å². The first-order valence-electron chi connectivity index (χ1n) is 5.36. The van der Waals surface area contributed by atoms with Gasteiger partial charge in [-0.2, -0.15) is 0 Å². The lowest BCUT2D eigenvalue weighted by molar-refractivity contribution is -0.118. The number of carbonyl (C=O) groups excluding carboxylic acids is 1. The molecule has 2 aliphatic rings. The lowest BCUT2D eigenvalue weighted by atomic mass is 9.89. The SMILES string of the molecule is CCCCC1=C(OC)C2(SCCS2)C1=O. The number of carbonyl (C=O) groups is 1. The van der Waals surface area contributed by atoms with Crippen LogP contribution < -0.4 is 0 Å². The Labute approximate surface area is 99.2 Å². The Morgan fingerprint density at radius 1 is 1.40 bits per heavy atom. The lowest BCUT2D eigenvalue weighted by Gasteiger charge is -2.38. The molecule has 0 bridgehead atoms. The van der Waals surface area contributed by atoms with Gasteiger partial charge in [-0.25, -0.2) is 0 Å². The molecule has 0 aromatic rings. The van der Waals surface area contributed by atoms with Crippen LogP contribution in [0.5, 0.6) is 0 Å². The number of allylic oxidation sites excluding steroid dienone is 1. The van der Waals surface area contributed by atoms with Crippen molar-refractivity contribution in [1.82, 2.24) is 0 Å². The number of thioether (sulfide) groups is 2. The molecule has 0 radical (unpaired) electrons. The van der Waals surface area contributed by atoms with Crippen molar-refractivity contribution in [1.29, 1.82) is 0 Å². The topological polar surface area (TPSA) is 26.3 Å². The molecule has 1 spiro atoms. The van der Waals surface area contributed by atoms with Crippen molar-refractivity contribution < 1.29 is 9.53 Å². The molecule has 1 aliphatic carbocycles. The summed E-state index contributed by atoms with van der Waals surface area (Å²) in [5, 5.41) is 0. The normalized spacial score (nSPS) is 23.5. The fraction of sp³-hybridized carbons (Fsp3) is 0.727. The maximum atomic E-state index is 12.1. The van der Waals surface area contributed by atoms with Crippen LogP contribution in [0, 0.1) is 0 Å². The van der Waals surface area contributed by atoms with E-state index < -0.39 is 0 Å². The van der Waals surface area contributed by atoms with Crippen LogP contribution >= 0.6 is 23.5 Å². The fourth-order valence-electron chi connectivity index (χ4n) is 2.05. The highest BCUT2D eigenvalue weighted by molar-refractivity contribution is 8.22. The van der Waals surface area contributed by atoms with Crippen LogP contribution in [0.4, 0.5) is 0 Å². The maximum Gasteiger partial charge on any atom is 0.196 e. The fourth-order valence-corrected chi connectivity index (χ4v) is 5.31. The molecule has 0 amide bonds. The zero-order valence-corrected chi connectivity index (χ0v) is 10.8. The largest absolute Gasteiger partial charge is 0.498 e. The number of unbranched alkanes of at least 4 members (excludes halogenated alkanes) is 1. The van der Waals surface area contributed by atoms with Gasteiger partial charge in [0.05, 0.1) is 7.11 Å². The Kier molecular flexibility index (Phi) is 3.36. The van der Waals surface area contributed by atoms with Crippen LogP contribution in [-0.4, -0.2) is 28.5 Å². The van der Waals surface area contributed by atoms with Gasteiger partial charge in [0.1, 0.15) is 5.76 Å². The Bertz CT molecular complexity index is 304. The second-order valence-electron chi connectivity index (χ2n) is 3.76. The summed E-state index contributed by atoms with van der Waals surface area (Å²) in [5.41, 5.74) is 0.946. The van der Waals surface area contributed by atoms with E-state index in [1.807, 2.05) is 0 Å². The van der Waals surface area contributed by atoms with Gasteiger partial charge in [0, 0.05) is 17.1 Å². The van der Waals surface area contributed by atoms with Gasteiger partial charge in [0.15, 0.2) is 9.86 Å². The molecule has 2 rings (SSSR count). The third-order valence-corrected chi connectivity index (χ3v) is 6.16. The van der Waals surface area contributed by atoms with Gasteiger partial charge >= 0.3 is 0 Å². The van der Waals surface area contributed by atoms with E-state index in [4.69, 9.17) is 4.74 Å². The van der Waals surface area contributed by atoms with Crippen LogP contribution in [0.3, 0.4) is 0 Å². The van der Waals surface area contributed by atoms with E-state index in [9.17, 15) is 4.79 Å². The first-order valence-corrected chi connectivity index (χ1v) is 7.33. The standard InChI is InChI=1S/C11H16O2S2/c1-3-4-5-8-9(12)11(10(8)13-2)14-6-7-15-11/h3-7H2,1-2H3. The van der Waals surface area contributed by atoms with Crippen molar-refractivity contribution in [3.8, 4) is 0 Å². The second kappa shape index (κ2) is 4.42. The van der Waals surface area contributed by atoms with Gasteiger partial charge < -0.3 is 4.74 Å². The van der Waals surface area contributed by atoms with Gasteiger partial charge in [-0.15, -0.1) is 23.5 Å². The number of rotatable bonds is 4. The molecule has 1 heterocycles. The zero-order valence-electron chi connectivity index (χ0n) is 9.17. The van der Waals surface area contributed by atoms with Crippen LogP contribution in [-0.2, 0) is 9.53 Å². The average Bonchev–Trinajstić information content (AvgIpc) is 2.74. The molecule has 84 valence electrons. The molecule has 0 aromatic carbocycles. The quantitative estimate of drug-likeness (QED) is 0.759. The first kappa shape index (κ1) is 11.4. The molecule has 0 saturated carbocycles. The molecule has 0 aromatic heterocycles. The monoisotopic (exact) mass is 244 g/mol. The molecule has 1 saturated heterocycles. The number of methoxy groups -OCH3 is 1. The number of hydrogen-bond acceptors (Lipinski definition) is 4.